The molecule has 0 bridgehead atoms. The molecule has 0 fully saturated rings. The van der Waals surface area contributed by atoms with Gasteiger partial charge in [-0.2, -0.15) is 4.98 Å². The highest BCUT2D eigenvalue weighted by Crippen LogP contribution is 2.20. The van der Waals surface area contributed by atoms with E-state index in [0.717, 1.165) is 12.4 Å². The van der Waals surface area contributed by atoms with Crippen molar-refractivity contribution in [2.24, 2.45) is 0 Å². The molecule has 0 saturated heterocycles. The van der Waals surface area contributed by atoms with Crippen molar-refractivity contribution in [1.82, 2.24) is 15.5 Å². The Balaban J connectivity index is 1.97. The Morgan fingerprint density at radius 1 is 1.21 bits per heavy atom. The summed E-state index contributed by atoms with van der Waals surface area (Å²) >= 11 is 0. The maximum Gasteiger partial charge on any atom is 0.243 e. The molecular weight excluding hydrogens is 238 g/mol. The monoisotopic (exact) mass is 259 g/mol. The number of hydrogen-bond donors (Lipinski definition) is 1. The van der Waals surface area contributed by atoms with Crippen molar-refractivity contribution in [2.45, 2.75) is 45.7 Å². The normalized spacial score (nSPS) is 13.5. The Morgan fingerprint density at radius 3 is 2.47 bits per heavy atom. The second kappa shape index (κ2) is 5.53. The zero-order valence-corrected chi connectivity index (χ0v) is 12.0. The molecule has 1 aromatic heterocycles. The number of aromatic nitrogens is 2. The van der Waals surface area contributed by atoms with E-state index in [9.17, 15) is 0 Å². The topological polar surface area (TPSA) is 51.0 Å². The van der Waals surface area contributed by atoms with Crippen LogP contribution in [-0.2, 0) is 12.0 Å². The number of benzene rings is 1. The molecule has 19 heavy (non-hydrogen) atoms. The number of hydrogen-bond acceptors (Lipinski definition) is 4. The van der Waals surface area contributed by atoms with Crippen molar-refractivity contribution in [1.29, 1.82) is 0 Å². The van der Waals surface area contributed by atoms with Crippen LogP contribution < -0.4 is 5.32 Å². The summed E-state index contributed by atoms with van der Waals surface area (Å²) < 4.78 is 5.32. The second-order valence-electron chi connectivity index (χ2n) is 5.79. The summed E-state index contributed by atoms with van der Waals surface area (Å²) in [5.41, 5.74) is 1.16. The van der Waals surface area contributed by atoms with Gasteiger partial charge in [-0.3, -0.25) is 0 Å². The van der Waals surface area contributed by atoms with Gasteiger partial charge in [0.1, 0.15) is 0 Å². The van der Waals surface area contributed by atoms with Crippen LogP contribution in [0.25, 0.3) is 0 Å². The van der Waals surface area contributed by atoms with E-state index in [1.165, 1.54) is 5.56 Å². The van der Waals surface area contributed by atoms with Crippen LogP contribution in [0.15, 0.2) is 34.9 Å². The summed E-state index contributed by atoms with van der Waals surface area (Å²) in [6.45, 7) is 9.04. The fourth-order valence-corrected chi connectivity index (χ4v) is 1.67. The number of rotatable bonds is 4. The molecule has 1 unspecified atom stereocenters. The van der Waals surface area contributed by atoms with Crippen LogP contribution in [0, 0.1) is 0 Å². The third kappa shape index (κ3) is 3.64. The van der Waals surface area contributed by atoms with Crippen molar-refractivity contribution in [3.63, 3.8) is 0 Å². The summed E-state index contributed by atoms with van der Waals surface area (Å²) in [7, 11) is 0. The minimum absolute atomic E-state index is 0.0452. The molecule has 1 aromatic carbocycles. The Kier molecular flexibility index (Phi) is 4.00. The fourth-order valence-electron chi connectivity index (χ4n) is 1.67. The van der Waals surface area contributed by atoms with Gasteiger partial charge in [-0.25, -0.2) is 0 Å². The van der Waals surface area contributed by atoms with Crippen LogP contribution >= 0.6 is 0 Å². The molecule has 0 spiro atoms. The Morgan fingerprint density at radius 2 is 1.89 bits per heavy atom. The molecule has 0 amide bonds. The van der Waals surface area contributed by atoms with E-state index in [2.05, 4.69) is 48.4 Å². The van der Waals surface area contributed by atoms with E-state index in [-0.39, 0.29) is 11.5 Å². The van der Waals surface area contributed by atoms with Gasteiger partial charge in [0.05, 0.1) is 6.04 Å². The third-order valence-electron chi connectivity index (χ3n) is 2.94. The number of nitrogens with zero attached hydrogens (tertiary/aromatic N) is 2. The summed E-state index contributed by atoms with van der Waals surface area (Å²) in [4.78, 5) is 4.45. The molecule has 0 saturated carbocycles. The van der Waals surface area contributed by atoms with Crippen LogP contribution in [0.3, 0.4) is 0 Å². The third-order valence-corrected chi connectivity index (χ3v) is 2.94. The Hall–Kier alpha value is -1.68. The summed E-state index contributed by atoms with van der Waals surface area (Å²) in [6.07, 6.45) is 0. The largest absolute Gasteiger partial charge is 0.338 e. The van der Waals surface area contributed by atoms with E-state index in [4.69, 9.17) is 4.52 Å². The van der Waals surface area contributed by atoms with Crippen LogP contribution in [0.1, 0.15) is 51.0 Å². The molecule has 1 N–H and O–H groups in total. The van der Waals surface area contributed by atoms with E-state index in [0.29, 0.717) is 5.89 Å². The molecule has 0 radical (unpaired) electrons. The zero-order valence-electron chi connectivity index (χ0n) is 12.0. The molecule has 0 aliphatic rings. The lowest BCUT2D eigenvalue weighted by Crippen LogP contribution is -2.19. The molecule has 1 heterocycles. The Bertz CT molecular complexity index is 514. The first kappa shape index (κ1) is 13.7. The van der Waals surface area contributed by atoms with Gasteiger partial charge in [-0.15, -0.1) is 0 Å². The lowest BCUT2D eigenvalue weighted by atomic mass is 9.96. The zero-order chi connectivity index (χ0) is 13.9. The maximum atomic E-state index is 5.32. The highest BCUT2D eigenvalue weighted by molar-refractivity contribution is 5.14. The van der Waals surface area contributed by atoms with Crippen LogP contribution in [-0.4, -0.2) is 10.1 Å². The van der Waals surface area contributed by atoms with E-state index < -0.39 is 0 Å². The standard InChI is InChI=1S/C15H21N3O/c1-11(16-10-12-8-6-5-7-9-12)13-17-14(18-19-13)15(2,3)4/h5-9,11,16H,10H2,1-4H3. The minimum Gasteiger partial charge on any atom is -0.338 e. The first-order chi connectivity index (χ1) is 8.97. The molecule has 0 aliphatic carbocycles. The summed E-state index contributed by atoms with van der Waals surface area (Å²) in [6, 6.07) is 10.3. The van der Waals surface area contributed by atoms with Crippen molar-refractivity contribution < 1.29 is 4.52 Å². The molecule has 4 heteroatoms. The van der Waals surface area contributed by atoms with E-state index in [1.807, 2.05) is 25.1 Å². The van der Waals surface area contributed by atoms with Crippen molar-refractivity contribution in [2.75, 3.05) is 0 Å². The molecule has 2 rings (SSSR count). The van der Waals surface area contributed by atoms with Crippen molar-refractivity contribution >= 4 is 0 Å². The highest BCUT2D eigenvalue weighted by atomic mass is 16.5. The highest BCUT2D eigenvalue weighted by Gasteiger charge is 2.22. The molecule has 4 nitrogen and oxygen atoms in total. The van der Waals surface area contributed by atoms with Gasteiger partial charge in [0.15, 0.2) is 5.82 Å². The van der Waals surface area contributed by atoms with Crippen LogP contribution in [0.4, 0.5) is 0 Å². The number of nitrogens with one attached hydrogen (secondary N) is 1. The average molecular weight is 259 g/mol. The Labute approximate surface area is 114 Å². The van der Waals surface area contributed by atoms with Gasteiger partial charge < -0.3 is 9.84 Å². The summed E-state index contributed by atoms with van der Waals surface area (Å²) in [5, 5.41) is 7.42. The van der Waals surface area contributed by atoms with Crippen LogP contribution in [0.2, 0.25) is 0 Å². The van der Waals surface area contributed by atoms with Gasteiger partial charge >= 0.3 is 0 Å². The van der Waals surface area contributed by atoms with Gasteiger partial charge in [-0.1, -0.05) is 56.3 Å². The van der Waals surface area contributed by atoms with E-state index in [1.54, 1.807) is 0 Å². The molecule has 1 atom stereocenters. The van der Waals surface area contributed by atoms with Gasteiger partial charge in [0.25, 0.3) is 0 Å². The SMILES string of the molecule is CC(NCc1ccccc1)c1nc(C(C)(C)C)no1. The average Bonchev–Trinajstić information content (AvgIpc) is 2.87. The molecular formula is C15H21N3O. The minimum atomic E-state index is -0.0824. The fraction of sp³-hybridized carbons (Fsp3) is 0.467. The molecule has 2 aromatic rings. The van der Waals surface area contributed by atoms with E-state index >= 15 is 0 Å². The first-order valence-electron chi connectivity index (χ1n) is 6.58. The van der Waals surface area contributed by atoms with Gasteiger partial charge in [0.2, 0.25) is 5.89 Å². The van der Waals surface area contributed by atoms with Gasteiger partial charge in [-0.05, 0) is 12.5 Å². The summed E-state index contributed by atoms with van der Waals surface area (Å²) in [5.74, 6) is 1.39. The lowest BCUT2D eigenvalue weighted by molar-refractivity contribution is 0.330. The predicted molar refractivity (Wildman–Crippen MR) is 74.7 cm³/mol. The first-order valence-corrected chi connectivity index (χ1v) is 6.58. The molecule has 102 valence electrons. The van der Waals surface area contributed by atoms with Crippen molar-refractivity contribution in [3.05, 3.63) is 47.6 Å². The van der Waals surface area contributed by atoms with Gasteiger partial charge in [0, 0.05) is 12.0 Å². The maximum absolute atomic E-state index is 5.32. The molecule has 0 aliphatic heterocycles. The smallest absolute Gasteiger partial charge is 0.243 e. The quantitative estimate of drug-likeness (QED) is 0.916. The van der Waals surface area contributed by atoms with Crippen molar-refractivity contribution in [3.8, 4) is 0 Å². The lowest BCUT2D eigenvalue weighted by Gasteiger charge is -2.12. The van der Waals surface area contributed by atoms with Crippen LogP contribution in [0.5, 0.6) is 0 Å². The second-order valence-corrected chi connectivity index (χ2v) is 5.79. The predicted octanol–water partition coefficient (Wildman–Crippen LogP) is 3.22.